The maximum Gasteiger partial charge on any atom is 0.253 e. The molecule has 0 bridgehead atoms. The number of carbonyl (C=O) groups is 2. The third-order valence-electron chi connectivity index (χ3n) is 4.09. The first-order chi connectivity index (χ1) is 10.2. The molecule has 0 aliphatic carbocycles. The van der Waals surface area contributed by atoms with Crippen molar-refractivity contribution in [1.82, 2.24) is 0 Å². The molecule has 1 N–H and O–H groups in total. The number of nitrogens with zero attached hydrogens (tertiary/aromatic N) is 1. The smallest absolute Gasteiger partial charge is 0.253 e. The second-order valence-corrected chi connectivity index (χ2v) is 5.47. The molecule has 1 atom stereocenters. The van der Waals surface area contributed by atoms with Crippen LogP contribution in [0.2, 0.25) is 0 Å². The number of benzene rings is 1. The first-order valence-corrected chi connectivity index (χ1v) is 7.55. The van der Waals surface area contributed by atoms with Crippen molar-refractivity contribution in [1.29, 1.82) is 0 Å². The lowest BCUT2D eigenvalue weighted by Crippen LogP contribution is -2.34. The fraction of sp³-hybridized carbons (Fsp3) is 0.500. The van der Waals surface area contributed by atoms with Gasteiger partial charge in [-0.15, -0.1) is 0 Å². The lowest BCUT2D eigenvalue weighted by atomic mass is 10.0. The minimum atomic E-state index is -0.324. The van der Waals surface area contributed by atoms with Gasteiger partial charge in [0.25, 0.3) is 5.91 Å². The van der Waals surface area contributed by atoms with Crippen LogP contribution in [0.25, 0.3) is 0 Å². The number of carbonyl (C=O) groups excluding carboxylic acids is 2. The summed E-state index contributed by atoms with van der Waals surface area (Å²) in [4.78, 5) is 25.7. The van der Waals surface area contributed by atoms with Crippen molar-refractivity contribution in [2.45, 2.75) is 38.7 Å². The molecule has 5 heteroatoms. The van der Waals surface area contributed by atoms with E-state index in [4.69, 9.17) is 4.74 Å². The third-order valence-corrected chi connectivity index (χ3v) is 4.09. The zero-order valence-corrected chi connectivity index (χ0v) is 12.2. The van der Waals surface area contributed by atoms with Crippen molar-refractivity contribution < 1.29 is 14.3 Å². The van der Waals surface area contributed by atoms with Gasteiger partial charge in [0.05, 0.1) is 0 Å². The first-order valence-electron chi connectivity index (χ1n) is 7.55. The summed E-state index contributed by atoms with van der Waals surface area (Å²) in [6.45, 7) is 3.31. The molecule has 0 aromatic heterocycles. The quantitative estimate of drug-likeness (QED) is 0.926. The van der Waals surface area contributed by atoms with Gasteiger partial charge in [-0.2, -0.15) is 0 Å². The molecule has 0 radical (unpaired) electrons. The monoisotopic (exact) mass is 288 g/mol. The number of rotatable bonds is 3. The third kappa shape index (κ3) is 2.78. The van der Waals surface area contributed by atoms with Gasteiger partial charge in [0.1, 0.15) is 6.10 Å². The Kier molecular flexibility index (Phi) is 3.92. The molecule has 2 heterocycles. The Hall–Kier alpha value is -1.88. The van der Waals surface area contributed by atoms with Crippen LogP contribution in [0, 0.1) is 0 Å². The van der Waals surface area contributed by atoms with Crippen molar-refractivity contribution in [2.24, 2.45) is 0 Å². The van der Waals surface area contributed by atoms with E-state index in [-0.39, 0.29) is 17.9 Å². The van der Waals surface area contributed by atoms with Crippen LogP contribution < -0.4 is 10.2 Å². The summed E-state index contributed by atoms with van der Waals surface area (Å²) in [6.07, 6.45) is 2.66. The Labute approximate surface area is 124 Å². The van der Waals surface area contributed by atoms with E-state index in [9.17, 15) is 9.59 Å². The van der Waals surface area contributed by atoms with Crippen LogP contribution in [0.5, 0.6) is 0 Å². The van der Waals surface area contributed by atoms with E-state index in [1.807, 2.05) is 25.1 Å². The molecule has 112 valence electrons. The molecule has 21 heavy (non-hydrogen) atoms. The number of hydrogen-bond acceptors (Lipinski definition) is 3. The van der Waals surface area contributed by atoms with E-state index in [1.54, 1.807) is 4.90 Å². The molecule has 0 spiro atoms. The second-order valence-electron chi connectivity index (χ2n) is 5.47. The van der Waals surface area contributed by atoms with Crippen LogP contribution in [0.15, 0.2) is 18.2 Å². The van der Waals surface area contributed by atoms with E-state index >= 15 is 0 Å². The highest BCUT2D eigenvalue weighted by Gasteiger charge is 2.25. The summed E-state index contributed by atoms with van der Waals surface area (Å²) < 4.78 is 5.38. The van der Waals surface area contributed by atoms with Crippen molar-refractivity contribution in [3.8, 4) is 0 Å². The summed E-state index contributed by atoms with van der Waals surface area (Å²) in [6, 6.07) is 5.74. The molecule has 3 rings (SSSR count). The summed E-state index contributed by atoms with van der Waals surface area (Å²) in [5.41, 5.74) is 2.85. The van der Waals surface area contributed by atoms with Gasteiger partial charge in [-0.1, -0.05) is 0 Å². The number of aryl methyl sites for hydroxylation is 1. The number of nitrogens with one attached hydrogen (secondary N) is 1. The van der Waals surface area contributed by atoms with E-state index in [1.165, 1.54) is 0 Å². The van der Waals surface area contributed by atoms with Crippen LogP contribution in [0.4, 0.5) is 11.4 Å². The number of hydrogen-bond donors (Lipinski definition) is 1. The topological polar surface area (TPSA) is 58.6 Å². The molecule has 2 amide bonds. The molecule has 1 fully saturated rings. The number of ether oxygens (including phenoxy) is 1. The highest BCUT2D eigenvalue weighted by molar-refractivity contribution is 5.98. The van der Waals surface area contributed by atoms with E-state index in [0.717, 1.165) is 36.2 Å². The number of fused-ring (bicyclic) bond motifs is 1. The largest absolute Gasteiger partial charge is 0.368 e. The Morgan fingerprint density at radius 3 is 3.00 bits per heavy atom. The zero-order chi connectivity index (χ0) is 14.8. The van der Waals surface area contributed by atoms with E-state index < -0.39 is 0 Å². The molecular formula is C16H20N2O3. The van der Waals surface area contributed by atoms with E-state index in [2.05, 4.69) is 5.32 Å². The lowest BCUT2D eigenvalue weighted by molar-refractivity contribution is -0.124. The van der Waals surface area contributed by atoms with Gasteiger partial charge in [-0.05, 0) is 49.9 Å². The predicted molar refractivity (Wildman–Crippen MR) is 80.4 cm³/mol. The van der Waals surface area contributed by atoms with Crippen molar-refractivity contribution in [2.75, 3.05) is 23.4 Å². The molecule has 1 saturated heterocycles. The Bertz CT molecular complexity index is 565. The fourth-order valence-electron chi connectivity index (χ4n) is 2.99. The SMILES string of the molecule is CCN1C(=O)CCc2cc(NC(=O)C3CCCO3)ccc21. The highest BCUT2D eigenvalue weighted by atomic mass is 16.5. The fourth-order valence-corrected chi connectivity index (χ4v) is 2.99. The van der Waals surface area contributed by atoms with Crippen LogP contribution >= 0.6 is 0 Å². The summed E-state index contributed by atoms with van der Waals surface area (Å²) >= 11 is 0. The standard InChI is InChI=1S/C16H20N2O3/c1-2-18-13-7-6-12(10-11(13)5-8-15(18)19)17-16(20)14-4-3-9-21-14/h6-7,10,14H,2-5,8-9H2,1H3,(H,17,20). The van der Waals surface area contributed by atoms with Crippen LogP contribution in [0.3, 0.4) is 0 Å². The Morgan fingerprint density at radius 1 is 1.43 bits per heavy atom. The maximum absolute atomic E-state index is 12.1. The van der Waals surface area contributed by atoms with Crippen LogP contribution in [-0.4, -0.2) is 31.1 Å². The minimum Gasteiger partial charge on any atom is -0.368 e. The molecule has 1 aromatic carbocycles. The number of amides is 2. The zero-order valence-electron chi connectivity index (χ0n) is 12.2. The molecule has 2 aliphatic heterocycles. The summed E-state index contributed by atoms with van der Waals surface area (Å²) in [5, 5.41) is 2.91. The second kappa shape index (κ2) is 5.85. The minimum absolute atomic E-state index is 0.0771. The predicted octanol–water partition coefficient (Wildman–Crippen LogP) is 2.10. The normalized spacial score (nSPS) is 21.3. The summed E-state index contributed by atoms with van der Waals surface area (Å²) in [7, 11) is 0. The molecule has 1 aromatic rings. The lowest BCUT2D eigenvalue weighted by Gasteiger charge is -2.28. The molecule has 0 saturated carbocycles. The average molecular weight is 288 g/mol. The van der Waals surface area contributed by atoms with Gasteiger partial charge >= 0.3 is 0 Å². The maximum atomic E-state index is 12.1. The highest BCUT2D eigenvalue weighted by Crippen LogP contribution is 2.30. The van der Waals surface area contributed by atoms with Crippen LogP contribution in [0.1, 0.15) is 31.7 Å². The van der Waals surface area contributed by atoms with Gasteiger partial charge < -0.3 is 15.0 Å². The van der Waals surface area contributed by atoms with Crippen molar-refractivity contribution in [3.05, 3.63) is 23.8 Å². The van der Waals surface area contributed by atoms with E-state index in [0.29, 0.717) is 19.6 Å². The molecule has 1 unspecified atom stereocenters. The van der Waals surface area contributed by atoms with Crippen molar-refractivity contribution in [3.63, 3.8) is 0 Å². The van der Waals surface area contributed by atoms with Gasteiger partial charge in [0.15, 0.2) is 0 Å². The Morgan fingerprint density at radius 2 is 2.29 bits per heavy atom. The van der Waals surface area contributed by atoms with Crippen molar-refractivity contribution >= 4 is 23.2 Å². The number of anilines is 2. The molecule has 5 nitrogen and oxygen atoms in total. The van der Waals surface area contributed by atoms with Gasteiger partial charge in [-0.25, -0.2) is 0 Å². The summed E-state index contributed by atoms with van der Waals surface area (Å²) in [5.74, 6) is 0.0906. The van der Waals surface area contributed by atoms with Gasteiger partial charge in [-0.3, -0.25) is 9.59 Å². The Balaban J connectivity index is 1.76. The first kappa shape index (κ1) is 14.1. The van der Waals surface area contributed by atoms with Gasteiger partial charge in [0.2, 0.25) is 5.91 Å². The van der Waals surface area contributed by atoms with Gasteiger partial charge in [0, 0.05) is 30.9 Å². The molecular weight excluding hydrogens is 268 g/mol. The average Bonchev–Trinajstić information content (AvgIpc) is 3.02. The molecule has 2 aliphatic rings. The van der Waals surface area contributed by atoms with Crippen LogP contribution in [-0.2, 0) is 20.7 Å².